The third-order valence-electron chi connectivity index (χ3n) is 4.69. The molecular formula is C23H21N3OS. The first-order chi connectivity index (χ1) is 13.5. The molecular weight excluding hydrogens is 366 g/mol. The van der Waals surface area contributed by atoms with E-state index in [1.807, 2.05) is 42.6 Å². The van der Waals surface area contributed by atoms with E-state index in [1.54, 1.807) is 0 Å². The number of thiazole rings is 1. The van der Waals surface area contributed by atoms with Gasteiger partial charge in [0.2, 0.25) is 0 Å². The van der Waals surface area contributed by atoms with Crippen molar-refractivity contribution in [2.45, 2.75) is 26.7 Å². The van der Waals surface area contributed by atoms with Crippen LogP contribution in [0.4, 0.5) is 5.13 Å². The number of fused-ring (bicyclic) bond motifs is 1. The maximum absolute atomic E-state index is 12.6. The number of carbonyl (C=O) groups excluding carboxylic acids is 1. The van der Waals surface area contributed by atoms with Crippen LogP contribution in [0, 0.1) is 6.92 Å². The Morgan fingerprint density at radius 3 is 2.50 bits per heavy atom. The highest BCUT2D eigenvalue weighted by atomic mass is 32.1. The molecule has 2 aromatic heterocycles. The molecule has 4 nitrogen and oxygen atoms in total. The standard InChI is InChI=1S/C23H21N3OS/c1-14(2)16-6-8-18(9-7-16)21-13-28-23(25-21)26-22(27)19-11-10-17-5-4-15(3)24-20(17)12-19/h4-14H,1-3H3,(H,25,26,27). The van der Waals surface area contributed by atoms with Crippen molar-refractivity contribution in [3.8, 4) is 11.3 Å². The predicted octanol–water partition coefficient (Wildman–Crippen LogP) is 6.04. The molecule has 0 unspecified atom stereocenters. The molecule has 0 bridgehead atoms. The Hall–Kier alpha value is -3.05. The van der Waals surface area contributed by atoms with Crippen molar-refractivity contribution in [3.05, 3.63) is 76.8 Å². The lowest BCUT2D eigenvalue weighted by molar-refractivity contribution is 0.102. The molecule has 0 fully saturated rings. The van der Waals surface area contributed by atoms with E-state index in [9.17, 15) is 4.79 Å². The number of rotatable bonds is 4. The van der Waals surface area contributed by atoms with Gasteiger partial charge in [-0.15, -0.1) is 11.3 Å². The van der Waals surface area contributed by atoms with Gasteiger partial charge in [0.1, 0.15) is 0 Å². The summed E-state index contributed by atoms with van der Waals surface area (Å²) < 4.78 is 0. The van der Waals surface area contributed by atoms with Crippen LogP contribution in [-0.4, -0.2) is 15.9 Å². The van der Waals surface area contributed by atoms with Crippen LogP contribution < -0.4 is 5.32 Å². The lowest BCUT2D eigenvalue weighted by Crippen LogP contribution is -2.11. The Labute approximate surface area is 168 Å². The van der Waals surface area contributed by atoms with E-state index >= 15 is 0 Å². The Kier molecular flexibility index (Phi) is 4.92. The van der Waals surface area contributed by atoms with Gasteiger partial charge >= 0.3 is 0 Å². The zero-order valence-electron chi connectivity index (χ0n) is 16.1. The smallest absolute Gasteiger partial charge is 0.257 e. The van der Waals surface area contributed by atoms with E-state index in [-0.39, 0.29) is 5.91 Å². The third kappa shape index (κ3) is 3.80. The van der Waals surface area contributed by atoms with E-state index in [1.165, 1.54) is 16.9 Å². The van der Waals surface area contributed by atoms with E-state index in [4.69, 9.17) is 0 Å². The Balaban J connectivity index is 1.52. The van der Waals surface area contributed by atoms with Gasteiger partial charge < -0.3 is 0 Å². The summed E-state index contributed by atoms with van der Waals surface area (Å²) >= 11 is 1.43. The van der Waals surface area contributed by atoms with Gasteiger partial charge in [-0.2, -0.15) is 0 Å². The van der Waals surface area contributed by atoms with Crippen LogP contribution in [0.5, 0.6) is 0 Å². The molecule has 28 heavy (non-hydrogen) atoms. The summed E-state index contributed by atoms with van der Waals surface area (Å²) in [5.41, 5.74) is 5.53. The number of anilines is 1. The maximum Gasteiger partial charge on any atom is 0.257 e. The van der Waals surface area contributed by atoms with Gasteiger partial charge in [-0.05, 0) is 36.6 Å². The molecule has 0 radical (unpaired) electrons. The molecule has 0 atom stereocenters. The van der Waals surface area contributed by atoms with Crippen molar-refractivity contribution in [2.75, 3.05) is 5.32 Å². The summed E-state index contributed by atoms with van der Waals surface area (Å²) in [5.74, 6) is 0.320. The molecule has 2 aromatic carbocycles. The van der Waals surface area contributed by atoms with Gasteiger partial charge in [0.15, 0.2) is 5.13 Å². The van der Waals surface area contributed by atoms with Crippen LogP contribution in [0.3, 0.4) is 0 Å². The fourth-order valence-corrected chi connectivity index (χ4v) is 3.75. The molecule has 0 aliphatic heterocycles. The molecule has 4 rings (SSSR count). The van der Waals surface area contributed by atoms with Crippen molar-refractivity contribution < 1.29 is 4.79 Å². The first-order valence-electron chi connectivity index (χ1n) is 9.24. The first kappa shape index (κ1) is 18.3. The topological polar surface area (TPSA) is 54.9 Å². The zero-order chi connectivity index (χ0) is 19.7. The number of aryl methyl sites for hydroxylation is 1. The maximum atomic E-state index is 12.6. The second-order valence-corrected chi connectivity index (χ2v) is 7.99. The fourth-order valence-electron chi connectivity index (χ4n) is 3.03. The highest BCUT2D eigenvalue weighted by Crippen LogP contribution is 2.27. The lowest BCUT2D eigenvalue weighted by atomic mass is 10.0. The summed E-state index contributed by atoms with van der Waals surface area (Å²) in [4.78, 5) is 21.7. The molecule has 0 saturated carbocycles. The molecule has 1 N–H and O–H groups in total. The largest absolute Gasteiger partial charge is 0.298 e. The van der Waals surface area contributed by atoms with E-state index in [0.29, 0.717) is 16.6 Å². The molecule has 4 aromatic rings. The van der Waals surface area contributed by atoms with Gasteiger partial charge in [0.05, 0.1) is 11.2 Å². The third-order valence-corrected chi connectivity index (χ3v) is 5.45. The number of pyridine rings is 1. The number of aromatic nitrogens is 2. The Morgan fingerprint density at radius 2 is 1.75 bits per heavy atom. The summed E-state index contributed by atoms with van der Waals surface area (Å²) in [6.07, 6.45) is 0. The number of nitrogens with zero attached hydrogens (tertiary/aromatic N) is 2. The molecule has 0 spiro atoms. The molecule has 0 aliphatic rings. The zero-order valence-corrected chi connectivity index (χ0v) is 16.9. The number of benzene rings is 2. The summed E-state index contributed by atoms with van der Waals surface area (Å²) in [6, 6.07) is 17.9. The molecule has 0 saturated heterocycles. The second-order valence-electron chi connectivity index (χ2n) is 7.13. The molecule has 1 amide bonds. The molecule has 2 heterocycles. The number of amides is 1. The van der Waals surface area contributed by atoms with Gasteiger partial charge in [-0.25, -0.2) is 4.98 Å². The van der Waals surface area contributed by atoms with Crippen LogP contribution in [-0.2, 0) is 0 Å². The first-order valence-corrected chi connectivity index (χ1v) is 10.1. The quantitative estimate of drug-likeness (QED) is 0.464. The normalized spacial score (nSPS) is 11.1. The number of carbonyl (C=O) groups is 1. The van der Waals surface area contributed by atoms with Crippen LogP contribution >= 0.6 is 11.3 Å². The molecule has 0 aliphatic carbocycles. The average molecular weight is 388 g/mol. The van der Waals surface area contributed by atoms with Crippen molar-refractivity contribution in [3.63, 3.8) is 0 Å². The summed E-state index contributed by atoms with van der Waals surface area (Å²) in [6.45, 7) is 6.29. The van der Waals surface area contributed by atoms with Crippen molar-refractivity contribution in [1.82, 2.24) is 9.97 Å². The monoisotopic (exact) mass is 387 g/mol. The van der Waals surface area contributed by atoms with Gasteiger partial charge in [-0.3, -0.25) is 15.1 Å². The highest BCUT2D eigenvalue weighted by molar-refractivity contribution is 7.14. The number of hydrogen-bond acceptors (Lipinski definition) is 4. The number of hydrogen-bond donors (Lipinski definition) is 1. The second kappa shape index (κ2) is 7.52. The van der Waals surface area contributed by atoms with Crippen LogP contribution in [0.2, 0.25) is 0 Å². The minimum absolute atomic E-state index is 0.179. The van der Waals surface area contributed by atoms with Gasteiger partial charge in [0, 0.05) is 27.6 Å². The van der Waals surface area contributed by atoms with Crippen molar-refractivity contribution in [2.24, 2.45) is 0 Å². The van der Waals surface area contributed by atoms with Crippen LogP contribution in [0.25, 0.3) is 22.2 Å². The summed E-state index contributed by atoms with van der Waals surface area (Å²) in [5, 5.41) is 6.47. The molecule has 5 heteroatoms. The number of nitrogens with one attached hydrogen (secondary N) is 1. The van der Waals surface area contributed by atoms with Crippen LogP contribution in [0.15, 0.2) is 60.0 Å². The Morgan fingerprint density at radius 1 is 1.00 bits per heavy atom. The van der Waals surface area contributed by atoms with E-state index < -0.39 is 0 Å². The molecule has 140 valence electrons. The lowest BCUT2D eigenvalue weighted by Gasteiger charge is -2.05. The van der Waals surface area contributed by atoms with E-state index in [2.05, 4.69) is 53.4 Å². The van der Waals surface area contributed by atoms with Gasteiger partial charge in [-0.1, -0.05) is 50.2 Å². The van der Waals surface area contributed by atoms with Crippen molar-refractivity contribution in [1.29, 1.82) is 0 Å². The predicted molar refractivity (Wildman–Crippen MR) is 116 cm³/mol. The van der Waals surface area contributed by atoms with Crippen molar-refractivity contribution >= 4 is 33.3 Å². The Bertz CT molecular complexity index is 1150. The van der Waals surface area contributed by atoms with E-state index in [0.717, 1.165) is 27.9 Å². The minimum Gasteiger partial charge on any atom is -0.298 e. The minimum atomic E-state index is -0.179. The summed E-state index contributed by atoms with van der Waals surface area (Å²) in [7, 11) is 0. The van der Waals surface area contributed by atoms with Gasteiger partial charge in [0.25, 0.3) is 5.91 Å². The average Bonchev–Trinajstić information content (AvgIpc) is 3.16. The highest BCUT2D eigenvalue weighted by Gasteiger charge is 2.11. The SMILES string of the molecule is Cc1ccc2ccc(C(=O)Nc3nc(-c4ccc(C(C)C)cc4)cs3)cc2n1. The fraction of sp³-hybridized carbons (Fsp3) is 0.174. The van der Waals surface area contributed by atoms with Crippen LogP contribution in [0.1, 0.15) is 41.4 Å².